The first-order valence-corrected chi connectivity index (χ1v) is 8.23. The van der Waals surface area contributed by atoms with Crippen LogP contribution in [0.4, 0.5) is 0 Å². The number of Topliss-reactive ketones (excluding diaryl/α,β-unsaturated/α-hetero) is 1. The van der Waals surface area contributed by atoms with E-state index < -0.39 is 12.5 Å². The van der Waals surface area contributed by atoms with Crippen molar-refractivity contribution < 1.29 is 19.8 Å². The molecule has 0 atom stereocenters. The molecule has 25 heavy (non-hydrogen) atoms. The molecule has 0 saturated heterocycles. The Labute approximate surface area is 145 Å². The second-order valence-electron chi connectivity index (χ2n) is 6.07. The van der Waals surface area contributed by atoms with Gasteiger partial charge in [-0.25, -0.2) is 0 Å². The minimum absolute atomic E-state index is 0.0369. The van der Waals surface area contributed by atoms with Gasteiger partial charge in [0.1, 0.15) is 12.3 Å². The number of carboxylic acids is 1. The van der Waals surface area contributed by atoms with Crippen molar-refractivity contribution in [2.45, 2.75) is 25.7 Å². The van der Waals surface area contributed by atoms with Gasteiger partial charge in [0, 0.05) is 18.6 Å². The third kappa shape index (κ3) is 3.76. The average Bonchev–Trinajstić information content (AvgIpc) is 2.60. The van der Waals surface area contributed by atoms with Gasteiger partial charge in [0.15, 0.2) is 5.78 Å². The summed E-state index contributed by atoms with van der Waals surface area (Å²) in [6.45, 7) is -0.395. The lowest BCUT2D eigenvalue weighted by Gasteiger charge is -2.18. The average molecular weight is 337 g/mol. The van der Waals surface area contributed by atoms with Crippen LogP contribution in [0.1, 0.15) is 24.8 Å². The fourth-order valence-corrected chi connectivity index (χ4v) is 3.19. The van der Waals surface area contributed by atoms with Gasteiger partial charge >= 0.3 is 5.97 Å². The van der Waals surface area contributed by atoms with Crippen molar-refractivity contribution in [3.63, 3.8) is 0 Å². The fourth-order valence-electron chi connectivity index (χ4n) is 3.19. The number of benzene rings is 2. The number of aliphatic carboxylic acids is 1. The normalized spacial score (nSPS) is 18.6. The topological polar surface area (TPSA) is 87.0 Å². The first-order chi connectivity index (χ1) is 12.1. The van der Waals surface area contributed by atoms with Gasteiger partial charge in [-0.1, -0.05) is 42.5 Å². The van der Waals surface area contributed by atoms with Crippen molar-refractivity contribution >= 4 is 28.2 Å². The molecule has 1 saturated carbocycles. The maximum atomic E-state index is 12.3. The van der Waals surface area contributed by atoms with E-state index in [2.05, 4.69) is 4.99 Å². The van der Waals surface area contributed by atoms with Crippen molar-refractivity contribution in [3.8, 4) is 0 Å². The van der Waals surface area contributed by atoms with Crippen molar-refractivity contribution in [2.24, 2.45) is 4.99 Å². The molecule has 1 aliphatic rings. The van der Waals surface area contributed by atoms with Gasteiger partial charge in [-0.2, -0.15) is 0 Å². The van der Waals surface area contributed by atoms with E-state index in [1.165, 1.54) is 0 Å². The molecule has 0 aliphatic heterocycles. The lowest BCUT2D eigenvalue weighted by atomic mass is 9.88. The quantitative estimate of drug-likeness (QED) is 0.660. The van der Waals surface area contributed by atoms with Crippen LogP contribution in [0.2, 0.25) is 0 Å². The molecule has 0 bridgehead atoms. The van der Waals surface area contributed by atoms with Crippen LogP contribution in [0.3, 0.4) is 0 Å². The number of aliphatic imine (C=N–C) groups is 1. The first-order valence-electron chi connectivity index (χ1n) is 8.23. The molecule has 3 rings (SSSR count). The Kier molecular flexibility index (Phi) is 4.93. The van der Waals surface area contributed by atoms with E-state index >= 15 is 0 Å². The van der Waals surface area contributed by atoms with Crippen LogP contribution in [0, 0.1) is 0 Å². The Morgan fingerprint density at radius 3 is 2.60 bits per heavy atom. The monoisotopic (exact) mass is 337 g/mol. The van der Waals surface area contributed by atoms with E-state index in [0.717, 1.165) is 16.3 Å². The van der Waals surface area contributed by atoms with E-state index in [1.54, 1.807) is 0 Å². The predicted octanol–water partition coefficient (Wildman–Crippen LogP) is 3.47. The molecular formula is C20H19NO4. The maximum Gasteiger partial charge on any atom is 0.325 e. The van der Waals surface area contributed by atoms with Crippen molar-refractivity contribution in [1.29, 1.82) is 0 Å². The number of fused-ring (bicyclic) bond motifs is 1. The third-order valence-electron chi connectivity index (χ3n) is 4.32. The van der Waals surface area contributed by atoms with E-state index in [9.17, 15) is 14.7 Å². The number of carbonyl (C=O) groups excluding carboxylic acids is 1. The lowest BCUT2D eigenvalue weighted by Crippen LogP contribution is -2.23. The fraction of sp³-hybridized carbons (Fsp3) is 0.250. The SMILES string of the molecule is O=C(O)CN=C1CCCC(=O)/C1=C(/O)Cc1cccc2ccccc12. The van der Waals surface area contributed by atoms with E-state index in [-0.39, 0.29) is 23.5 Å². The van der Waals surface area contributed by atoms with Gasteiger partial charge in [0.2, 0.25) is 0 Å². The number of hydrogen-bond acceptors (Lipinski definition) is 4. The number of rotatable bonds is 4. The summed E-state index contributed by atoms with van der Waals surface area (Å²) in [5.41, 5.74) is 1.51. The first kappa shape index (κ1) is 16.9. The smallest absolute Gasteiger partial charge is 0.325 e. The Morgan fingerprint density at radius 2 is 1.80 bits per heavy atom. The minimum atomic E-state index is -1.06. The molecule has 0 radical (unpaired) electrons. The summed E-state index contributed by atoms with van der Waals surface area (Å²) >= 11 is 0. The molecule has 1 aliphatic carbocycles. The molecule has 0 amide bonds. The number of allylic oxidation sites excluding steroid dienone is 2. The number of nitrogens with zero attached hydrogens (tertiary/aromatic N) is 1. The summed E-state index contributed by atoms with van der Waals surface area (Å²) in [7, 11) is 0. The lowest BCUT2D eigenvalue weighted by molar-refractivity contribution is -0.135. The van der Waals surface area contributed by atoms with Gasteiger partial charge in [0.25, 0.3) is 0 Å². The Morgan fingerprint density at radius 1 is 1.04 bits per heavy atom. The molecule has 2 aromatic carbocycles. The highest BCUT2D eigenvalue weighted by Crippen LogP contribution is 2.25. The number of carboxylic acid groups (broad SMARTS) is 1. The summed E-state index contributed by atoms with van der Waals surface area (Å²) in [5, 5.41) is 21.5. The van der Waals surface area contributed by atoms with Crippen LogP contribution in [-0.4, -0.2) is 34.2 Å². The van der Waals surface area contributed by atoms with Gasteiger partial charge in [-0.05, 0) is 29.2 Å². The highest BCUT2D eigenvalue weighted by Gasteiger charge is 2.25. The van der Waals surface area contributed by atoms with Crippen molar-refractivity contribution in [3.05, 3.63) is 59.4 Å². The van der Waals surface area contributed by atoms with Gasteiger partial charge in [-0.15, -0.1) is 0 Å². The van der Waals surface area contributed by atoms with Crippen LogP contribution < -0.4 is 0 Å². The second-order valence-corrected chi connectivity index (χ2v) is 6.07. The highest BCUT2D eigenvalue weighted by molar-refractivity contribution is 6.24. The standard InChI is InChI=1S/C20H19NO4/c22-17-10-4-9-16(21-12-19(24)25)20(17)18(23)11-14-7-3-6-13-5-1-2-8-15(13)14/h1-3,5-8,23H,4,9-12H2,(H,24,25)/b20-18+,21-16?. The summed E-state index contributed by atoms with van der Waals surface area (Å²) in [4.78, 5) is 27.1. The number of carbonyl (C=O) groups is 2. The summed E-state index contributed by atoms with van der Waals surface area (Å²) in [6.07, 6.45) is 1.70. The van der Waals surface area contributed by atoms with Gasteiger partial charge < -0.3 is 10.2 Å². The summed E-state index contributed by atoms with van der Waals surface area (Å²) in [5.74, 6) is -1.27. The number of hydrogen-bond donors (Lipinski definition) is 2. The molecule has 2 N–H and O–H groups in total. The zero-order valence-electron chi connectivity index (χ0n) is 13.7. The van der Waals surface area contributed by atoms with Crippen LogP contribution in [0.15, 0.2) is 58.8 Å². The van der Waals surface area contributed by atoms with Gasteiger partial charge in [0.05, 0.1) is 5.57 Å². The zero-order valence-corrected chi connectivity index (χ0v) is 13.7. The van der Waals surface area contributed by atoms with Crippen molar-refractivity contribution in [1.82, 2.24) is 0 Å². The highest BCUT2D eigenvalue weighted by atomic mass is 16.4. The molecule has 5 heteroatoms. The minimum Gasteiger partial charge on any atom is -0.511 e. The molecule has 0 unspecified atom stereocenters. The van der Waals surface area contributed by atoms with E-state index in [1.807, 2.05) is 42.5 Å². The Bertz CT molecular complexity index is 890. The van der Waals surface area contributed by atoms with E-state index in [0.29, 0.717) is 25.0 Å². The third-order valence-corrected chi connectivity index (χ3v) is 4.32. The second kappa shape index (κ2) is 7.30. The van der Waals surface area contributed by atoms with Crippen LogP contribution >= 0.6 is 0 Å². The largest absolute Gasteiger partial charge is 0.511 e. The predicted molar refractivity (Wildman–Crippen MR) is 96.1 cm³/mol. The summed E-state index contributed by atoms with van der Waals surface area (Å²) in [6, 6.07) is 13.7. The molecule has 0 spiro atoms. The number of ketones is 1. The molecule has 0 heterocycles. The number of aliphatic hydroxyl groups is 1. The molecule has 1 fully saturated rings. The molecule has 5 nitrogen and oxygen atoms in total. The van der Waals surface area contributed by atoms with Gasteiger partial charge in [-0.3, -0.25) is 14.6 Å². The number of aliphatic hydroxyl groups excluding tert-OH is 1. The zero-order chi connectivity index (χ0) is 17.8. The van der Waals surface area contributed by atoms with Crippen LogP contribution in [-0.2, 0) is 16.0 Å². The van der Waals surface area contributed by atoms with E-state index in [4.69, 9.17) is 5.11 Å². The summed E-state index contributed by atoms with van der Waals surface area (Å²) < 4.78 is 0. The van der Waals surface area contributed by atoms with Crippen LogP contribution in [0.25, 0.3) is 10.8 Å². The Hall–Kier alpha value is -2.95. The Balaban J connectivity index is 1.99. The van der Waals surface area contributed by atoms with Crippen molar-refractivity contribution in [2.75, 3.05) is 6.54 Å². The van der Waals surface area contributed by atoms with Crippen LogP contribution in [0.5, 0.6) is 0 Å². The molecule has 0 aromatic heterocycles. The molecule has 2 aromatic rings. The molecular weight excluding hydrogens is 318 g/mol. The maximum absolute atomic E-state index is 12.3. The molecule has 128 valence electrons.